The number of benzene rings is 1. The zero-order valence-electron chi connectivity index (χ0n) is 12.4. The van der Waals surface area contributed by atoms with Gasteiger partial charge in [-0.25, -0.2) is 0 Å². The topological polar surface area (TPSA) is 32.3 Å². The Balaban J connectivity index is 1.90. The number of carbonyl (C=O) groups excluding carboxylic acids is 1. The van der Waals surface area contributed by atoms with Crippen LogP contribution < -0.4 is 5.32 Å². The molecule has 0 radical (unpaired) electrons. The van der Waals surface area contributed by atoms with E-state index in [1.54, 1.807) is 6.07 Å². The number of carbonyl (C=O) groups is 1. The van der Waals surface area contributed by atoms with Crippen molar-refractivity contribution in [2.45, 2.75) is 27.2 Å². The smallest absolute Gasteiger partial charge is 0.238 e. The summed E-state index contributed by atoms with van der Waals surface area (Å²) in [5.74, 6) is 1.37. The number of anilines is 1. The van der Waals surface area contributed by atoms with Crippen LogP contribution in [0.25, 0.3) is 0 Å². The van der Waals surface area contributed by atoms with E-state index in [4.69, 9.17) is 11.6 Å². The third kappa shape index (κ3) is 4.22. The molecule has 1 heterocycles. The first-order valence-electron chi connectivity index (χ1n) is 7.22. The second-order valence-electron chi connectivity index (χ2n) is 6.15. The summed E-state index contributed by atoms with van der Waals surface area (Å²) in [6, 6.07) is 5.61. The van der Waals surface area contributed by atoms with Crippen LogP contribution >= 0.6 is 11.6 Å². The summed E-state index contributed by atoms with van der Waals surface area (Å²) >= 11 is 6.07. The van der Waals surface area contributed by atoms with Crippen LogP contribution in [-0.4, -0.2) is 30.4 Å². The first kappa shape index (κ1) is 15.3. The summed E-state index contributed by atoms with van der Waals surface area (Å²) in [7, 11) is 0. The summed E-state index contributed by atoms with van der Waals surface area (Å²) < 4.78 is 0. The first-order chi connectivity index (χ1) is 9.44. The standard InChI is InChI=1S/C16H23ClN2O/c1-11-6-12(2)9-19(8-11)10-16(20)18-14-5-4-13(3)15(17)7-14/h4-5,7,11-12H,6,8-10H2,1-3H3,(H,18,20)/t11-,12-/m0/s1. The Morgan fingerprint density at radius 3 is 2.60 bits per heavy atom. The minimum atomic E-state index is 0.0335. The van der Waals surface area contributed by atoms with Gasteiger partial charge in [-0.1, -0.05) is 31.5 Å². The molecule has 0 bridgehead atoms. The van der Waals surface area contributed by atoms with Crippen molar-refractivity contribution >= 4 is 23.2 Å². The Labute approximate surface area is 126 Å². The van der Waals surface area contributed by atoms with Crippen molar-refractivity contribution in [3.63, 3.8) is 0 Å². The number of hydrogen-bond acceptors (Lipinski definition) is 2. The van der Waals surface area contributed by atoms with E-state index >= 15 is 0 Å². The minimum absolute atomic E-state index is 0.0335. The van der Waals surface area contributed by atoms with Gasteiger partial charge in [0.15, 0.2) is 0 Å². The minimum Gasteiger partial charge on any atom is -0.325 e. The zero-order valence-corrected chi connectivity index (χ0v) is 13.2. The average molecular weight is 295 g/mol. The van der Waals surface area contributed by atoms with Crippen LogP contribution in [0.2, 0.25) is 5.02 Å². The molecule has 4 heteroatoms. The molecular weight excluding hydrogens is 272 g/mol. The third-order valence-corrected chi connectivity index (χ3v) is 4.17. The van der Waals surface area contributed by atoms with Gasteiger partial charge in [0.25, 0.3) is 0 Å². The highest BCUT2D eigenvalue weighted by Crippen LogP contribution is 2.22. The monoisotopic (exact) mass is 294 g/mol. The lowest BCUT2D eigenvalue weighted by molar-refractivity contribution is -0.117. The average Bonchev–Trinajstić information content (AvgIpc) is 2.32. The molecule has 2 atom stereocenters. The fourth-order valence-corrected chi connectivity index (χ4v) is 3.18. The summed E-state index contributed by atoms with van der Waals surface area (Å²) in [6.45, 7) is 8.92. The van der Waals surface area contributed by atoms with E-state index in [1.807, 2.05) is 19.1 Å². The zero-order chi connectivity index (χ0) is 14.7. The molecular formula is C16H23ClN2O. The van der Waals surface area contributed by atoms with Crippen molar-refractivity contribution in [3.8, 4) is 0 Å². The Morgan fingerprint density at radius 2 is 2.00 bits per heavy atom. The van der Waals surface area contributed by atoms with Gasteiger partial charge in [0.1, 0.15) is 0 Å². The number of likely N-dealkylation sites (tertiary alicyclic amines) is 1. The summed E-state index contributed by atoms with van der Waals surface area (Å²) in [5.41, 5.74) is 1.78. The van der Waals surface area contributed by atoms with Crippen LogP contribution in [0.3, 0.4) is 0 Å². The van der Waals surface area contributed by atoms with Gasteiger partial charge in [-0.05, 0) is 42.9 Å². The predicted molar refractivity (Wildman–Crippen MR) is 84.2 cm³/mol. The summed E-state index contributed by atoms with van der Waals surface area (Å²) in [6.07, 6.45) is 1.26. The van der Waals surface area contributed by atoms with Crippen LogP contribution in [0, 0.1) is 18.8 Å². The SMILES string of the molecule is Cc1ccc(NC(=O)CN2C[C@@H](C)C[C@H](C)C2)cc1Cl. The molecule has 1 saturated heterocycles. The first-order valence-corrected chi connectivity index (χ1v) is 7.60. The molecule has 0 spiro atoms. The largest absolute Gasteiger partial charge is 0.325 e. The van der Waals surface area contributed by atoms with E-state index < -0.39 is 0 Å². The molecule has 1 aliphatic heterocycles. The number of aryl methyl sites for hydroxylation is 1. The maximum atomic E-state index is 12.1. The number of amides is 1. The van der Waals surface area contributed by atoms with Crippen molar-refractivity contribution in [2.24, 2.45) is 11.8 Å². The van der Waals surface area contributed by atoms with E-state index in [0.717, 1.165) is 24.3 Å². The van der Waals surface area contributed by atoms with Gasteiger partial charge in [0, 0.05) is 23.8 Å². The summed E-state index contributed by atoms with van der Waals surface area (Å²) in [4.78, 5) is 14.3. The molecule has 1 amide bonds. The lowest BCUT2D eigenvalue weighted by Crippen LogP contribution is -2.42. The highest BCUT2D eigenvalue weighted by atomic mass is 35.5. The molecule has 0 unspecified atom stereocenters. The van der Waals surface area contributed by atoms with E-state index in [1.165, 1.54) is 6.42 Å². The van der Waals surface area contributed by atoms with Crippen molar-refractivity contribution in [3.05, 3.63) is 28.8 Å². The molecule has 1 aliphatic rings. The Morgan fingerprint density at radius 1 is 1.35 bits per heavy atom. The second-order valence-corrected chi connectivity index (χ2v) is 6.56. The van der Waals surface area contributed by atoms with Crippen LogP contribution in [0.1, 0.15) is 25.8 Å². The maximum absolute atomic E-state index is 12.1. The van der Waals surface area contributed by atoms with Gasteiger partial charge in [-0.2, -0.15) is 0 Å². The number of halogens is 1. The molecule has 1 aromatic rings. The molecule has 0 saturated carbocycles. The van der Waals surface area contributed by atoms with Crippen LogP contribution in [0.15, 0.2) is 18.2 Å². The van der Waals surface area contributed by atoms with E-state index in [2.05, 4.69) is 24.1 Å². The Hall–Kier alpha value is -1.06. The normalized spacial score (nSPS) is 23.6. The number of piperidine rings is 1. The highest BCUT2D eigenvalue weighted by Gasteiger charge is 2.23. The van der Waals surface area contributed by atoms with Crippen molar-refractivity contribution in [1.29, 1.82) is 0 Å². The van der Waals surface area contributed by atoms with Crippen LogP contribution in [-0.2, 0) is 4.79 Å². The molecule has 2 rings (SSSR count). The third-order valence-electron chi connectivity index (χ3n) is 3.77. The molecule has 1 fully saturated rings. The quantitative estimate of drug-likeness (QED) is 0.924. The fraction of sp³-hybridized carbons (Fsp3) is 0.562. The van der Waals surface area contributed by atoms with Crippen molar-refractivity contribution in [1.82, 2.24) is 4.90 Å². The van der Waals surface area contributed by atoms with Gasteiger partial charge in [-0.15, -0.1) is 0 Å². The highest BCUT2D eigenvalue weighted by molar-refractivity contribution is 6.31. The molecule has 0 aliphatic carbocycles. The number of hydrogen-bond donors (Lipinski definition) is 1. The molecule has 110 valence electrons. The summed E-state index contributed by atoms with van der Waals surface area (Å²) in [5, 5.41) is 3.61. The number of rotatable bonds is 3. The van der Waals surface area contributed by atoms with Gasteiger partial charge in [-0.3, -0.25) is 9.69 Å². The molecule has 1 N–H and O–H groups in total. The number of nitrogens with zero attached hydrogens (tertiary/aromatic N) is 1. The van der Waals surface area contributed by atoms with E-state index in [-0.39, 0.29) is 5.91 Å². The Bertz CT molecular complexity index is 479. The van der Waals surface area contributed by atoms with Crippen LogP contribution in [0.5, 0.6) is 0 Å². The van der Waals surface area contributed by atoms with E-state index in [9.17, 15) is 4.79 Å². The lowest BCUT2D eigenvalue weighted by atomic mass is 9.92. The number of nitrogens with one attached hydrogen (secondary N) is 1. The molecule has 1 aromatic carbocycles. The lowest BCUT2D eigenvalue weighted by Gasteiger charge is -2.34. The van der Waals surface area contributed by atoms with Crippen molar-refractivity contribution in [2.75, 3.05) is 25.0 Å². The van der Waals surface area contributed by atoms with Gasteiger partial charge >= 0.3 is 0 Å². The fourth-order valence-electron chi connectivity index (χ4n) is 3.00. The second kappa shape index (κ2) is 6.59. The van der Waals surface area contributed by atoms with E-state index in [0.29, 0.717) is 23.4 Å². The molecule has 0 aromatic heterocycles. The maximum Gasteiger partial charge on any atom is 0.238 e. The van der Waals surface area contributed by atoms with Gasteiger partial charge < -0.3 is 5.32 Å². The Kier molecular flexibility index (Phi) is 5.06. The predicted octanol–water partition coefficient (Wildman–Crippen LogP) is 3.56. The van der Waals surface area contributed by atoms with Crippen LogP contribution in [0.4, 0.5) is 5.69 Å². The van der Waals surface area contributed by atoms with Gasteiger partial charge in [0.05, 0.1) is 6.54 Å². The van der Waals surface area contributed by atoms with Gasteiger partial charge in [0.2, 0.25) is 5.91 Å². The molecule has 20 heavy (non-hydrogen) atoms. The molecule has 3 nitrogen and oxygen atoms in total. The van der Waals surface area contributed by atoms with Crippen molar-refractivity contribution < 1.29 is 4.79 Å².